The number of nitrogens with one attached hydrogen (secondary N) is 7. The van der Waals surface area contributed by atoms with Gasteiger partial charge in [0, 0.05) is 42.7 Å². The highest BCUT2D eigenvalue weighted by Gasteiger charge is 2.38. The number of hydrogen-bond donors (Lipinski definition) is 11. The van der Waals surface area contributed by atoms with Gasteiger partial charge in [-0.15, -0.1) is 0 Å². The van der Waals surface area contributed by atoms with E-state index in [-0.39, 0.29) is 69.1 Å². The van der Waals surface area contributed by atoms with Crippen LogP contribution < -0.4 is 43.0 Å². The van der Waals surface area contributed by atoms with Crippen molar-refractivity contribution in [2.75, 3.05) is 31.3 Å². The molecule has 8 rings (SSSR count). The Morgan fingerprint density at radius 3 is 1.94 bits per heavy atom. The number of ether oxygens (including phenoxy) is 1. The molecule has 12 N–H and O–H groups in total. The zero-order chi connectivity index (χ0) is 62.7. The van der Waals surface area contributed by atoms with Gasteiger partial charge in [-0.05, 0) is 102 Å². The summed E-state index contributed by atoms with van der Waals surface area (Å²) in [4.78, 5) is 115. The molecule has 1 heterocycles. The van der Waals surface area contributed by atoms with Gasteiger partial charge < -0.3 is 63.0 Å². The van der Waals surface area contributed by atoms with Crippen LogP contribution in [0.5, 0.6) is 0 Å². The molecule has 3 aliphatic rings. The lowest BCUT2D eigenvalue weighted by molar-refractivity contribution is -0.136. The van der Waals surface area contributed by atoms with E-state index < -0.39 is 121 Å². The fraction of sp³-hybridized carbons (Fsp3) is 0.394. The van der Waals surface area contributed by atoms with Crippen LogP contribution in [0.15, 0.2) is 140 Å². The summed E-state index contributed by atoms with van der Waals surface area (Å²) in [6.07, 6.45) is -0.779. The first-order valence-corrected chi connectivity index (χ1v) is 32.2. The van der Waals surface area contributed by atoms with Crippen LogP contribution in [-0.2, 0) is 57.6 Å². The molecule has 88 heavy (non-hydrogen) atoms. The number of allylic oxidation sites excluding steroid dienone is 1. The summed E-state index contributed by atoms with van der Waals surface area (Å²) in [5.74, 6) is -6.97. The molecule has 1 aliphatic heterocycles. The molecule has 10 atom stereocenters. The van der Waals surface area contributed by atoms with E-state index in [1.807, 2.05) is 115 Å². The number of benzene rings is 5. The van der Waals surface area contributed by atoms with Crippen molar-refractivity contribution < 1.29 is 58.4 Å². The smallest absolute Gasteiger partial charge is 0.407 e. The van der Waals surface area contributed by atoms with E-state index >= 15 is 9.59 Å². The van der Waals surface area contributed by atoms with Crippen LogP contribution in [0.25, 0.3) is 16.7 Å². The molecule has 5 aromatic carbocycles. The zero-order valence-electron chi connectivity index (χ0n) is 49.2. The zero-order valence-corrected chi connectivity index (χ0v) is 50.9. The number of ketones is 1. The number of Topliss-reactive ketones (excluding diaryl/α,β-unsaturated/α-hetero) is 1. The number of nitrogens with two attached hydrogens (primary N) is 1. The molecule has 1 saturated heterocycles. The summed E-state index contributed by atoms with van der Waals surface area (Å²) < 4.78 is 5.74. The maximum atomic E-state index is 15.1. The van der Waals surface area contributed by atoms with E-state index in [9.17, 15) is 44.1 Å². The van der Waals surface area contributed by atoms with Gasteiger partial charge in [0.2, 0.25) is 35.4 Å². The van der Waals surface area contributed by atoms with Crippen molar-refractivity contribution in [2.24, 2.45) is 11.7 Å². The first kappa shape index (κ1) is 66.1. The van der Waals surface area contributed by atoms with E-state index in [2.05, 4.69) is 37.2 Å². The Bertz CT molecular complexity index is 3230. The number of aliphatic hydroxyl groups excluding tert-OH is 3. The third kappa shape index (κ3) is 18.1. The standard InChI is InChI=1S/C66H78N8O12S2/c1-39(76)55(35-75)71-64(83)57-38-88-87-37-56(72-61(80)52(67)32-42-19-7-4-8-20-42)58(78)34-45(31-41-17-5-3-6-18-41)60(79)70-54(33-44-29-28-43-21-9-10-22-46(43)44)63(82)69-53(62(81)74-59(40(2)77)65(84)73-57)27-15-16-30-68-66(85)86-36-51-49-25-13-11-23-47(49)48-24-12-14-26-50(48)51/h3-14,17-26,29,39-40,45,51-57,59,75-77H,15-16,27-28,30-38,67H2,1-2H3,(H,68,85)(H,69,82)(H,70,79)(H,71,83)(H,72,80)(H,73,84)(H,74,81)/t39-,40-,45-,52-,53+,54-,55-,56+,57+,59+/m1/s1. The summed E-state index contributed by atoms with van der Waals surface area (Å²) in [5.41, 5.74) is 14.8. The molecule has 0 spiro atoms. The predicted octanol–water partition coefficient (Wildman–Crippen LogP) is 4.17. The van der Waals surface area contributed by atoms with Gasteiger partial charge in [-0.1, -0.05) is 161 Å². The molecule has 22 heteroatoms. The molecule has 0 aromatic heterocycles. The Morgan fingerprint density at radius 2 is 1.28 bits per heavy atom. The van der Waals surface area contributed by atoms with E-state index in [0.717, 1.165) is 66.1 Å². The first-order valence-electron chi connectivity index (χ1n) is 29.7. The normalized spacial score (nSPS) is 21.7. The van der Waals surface area contributed by atoms with Crippen LogP contribution in [0.2, 0.25) is 0 Å². The SMILES string of the molecule is C[C@@H](O)[C@@H]1NC(=O)[C@H](CCCCNC(=O)OCC2c3ccccc3-c3ccccc32)NC(=O)[C@@H](CC2=CCc3ccccc32)NC(=O)[C@H](Cc2ccccc2)CC(=O)[C@@H](NC(=O)[C@H](N)Cc2ccccc2)CSSC[C@@H](C(=O)N[C@H](CO)[C@@H](C)O)NC1=O. The highest BCUT2D eigenvalue weighted by molar-refractivity contribution is 8.76. The van der Waals surface area contributed by atoms with E-state index in [1.165, 1.54) is 13.8 Å². The molecule has 7 amide bonds. The molecular formula is C66H78N8O12S2. The number of fused-ring (bicyclic) bond motifs is 4. The van der Waals surface area contributed by atoms with Gasteiger partial charge in [0.05, 0.1) is 36.9 Å². The minimum Gasteiger partial charge on any atom is -0.449 e. The van der Waals surface area contributed by atoms with Crippen molar-refractivity contribution in [1.29, 1.82) is 0 Å². The second kappa shape index (κ2) is 32.4. The number of hydrogen-bond acceptors (Lipinski definition) is 15. The maximum absolute atomic E-state index is 15.1. The van der Waals surface area contributed by atoms with Gasteiger partial charge in [-0.25, -0.2) is 4.79 Å². The Balaban J connectivity index is 1.07. The van der Waals surface area contributed by atoms with Gasteiger partial charge in [0.25, 0.3) is 0 Å². The van der Waals surface area contributed by atoms with Crippen LogP contribution >= 0.6 is 21.6 Å². The van der Waals surface area contributed by atoms with Crippen LogP contribution in [0.4, 0.5) is 4.79 Å². The number of carbonyl (C=O) groups excluding carboxylic acids is 8. The maximum Gasteiger partial charge on any atom is 0.407 e. The summed E-state index contributed by atoms with van der Waals surface area (Å²) in [7, 11) is 2.11. The Hall–Kier alpha value is -7.86. The molecule has 20 nitrogen and oxygen atoms in total. The third-order valence-electron chi connectivity index (χ3n) is 16.0. The number of alkyl carbamates (subject to hydrolysis) is 1. The van der Waals surface area contributed by atoms with Crippen molar-refractivity contribution in [3.63, 3.8) is 0 Å². The van der Waals surface area contributed by atoms with Crippen LogP contribution in [-0.4, -0.2) is 148 Å². The molecule has 5 aromatic rings. The summed E-state index contributed by atoms with van der Waals surface area (Å²) in [6, 6.07) is 32.2. The Labute approximate surface area is 520 Å². The highest BCUT2D eigenvalue weighted by Crippen LogP contribution is 2.44. The van der Waals surface area contributed by atoms with E-state index in [4.69, 9.17) is 10.5 Å². The van der Waals surface area contributed by atoms with Gasteiger partial charge in [-0.3, -0.25) is 33.6 Å². The van der Waals surface area contributed by atoms with Crippen LogP contribution in [0.3, 0.4) is 0 Å². The molecule has 0 saturated carbocycles. The van der Waals surface area contributed by atoms with Crippen LogP contribution in [0, 0.1) is 5.92 Å². The van der Waals surface area contributed by atoms with Gasteiger partial charge in [0.1, 0.15) is 30.8 Å². The quantitative estimate of drug-likeness (QED) is 0.0385. The van der Waals surface area contributed by atoms with E-state index in [0.29, 0.717) is 12.0 Å². The molecule has 0 radical (unpaired) electrons. The number of rotatable bonds is 20. The average molecular weight is 1240 g/mol. The molecule has 1 fully saturated rings. The summed E-state index contributed by atoms with van der Waals surface area (Å²) in [6.45, 7) is 2.14. The molecule has 466 valence electrons. The van der Waals surface area contributed by atoms with Gasteiger partial charge >= 0.3 is 6.09 Å². The minimum atomic E-state index is -1.72. The minimum absolute atomic E-state index is 0.0425. The van der Waals surface area contributed by atoms with Gasteiger partial charge in [0.15, 0.2) is 5.78 Å². The topological polar surface area (TPSA) is 317 Å². The molecule has 0 bridgehead atoms. The molecule has 2 aliphatic carbocycles. The number of unbranched alkanes of at least 4 members (excludes halogenated alkanes) is 1. The summed E-state index contributed by atoms with van der Waals surface area (Å²) in [5, 5.41) is 50.7. The monoisotopic (exact) mass is 1240 g/mol. The Kier molecular flexibility index (Phi) is 24.3. The number of amides is 7. The van der Waals surface area contributed by atoms with Crippen molar-refractivity contribution in [1.82, 2.24) is 37.2 Å². The fourth-order valence-corrected chi connectivity index (χ4v) is 13.4. The predicted molar refractivity (Wildman–Crippen MR) is 338 cm³/mol. The Morgan fingerprint density at radius 1 is 0.682 bits per heavy atom. The van der Waals surface area contributed by atoms with E-state index in [1.54, 1.807) is 24.3 Å². The van der Waals surface area contributed by atoms with Crippen molar-refractivity contribution in [3.8, 4) is 11.1 Å². The fourth-order valence-electron chi connectivity index (χ4n) is 11.1. The number of aliphatic hydroxyl groups is 3. The number of carbonyl (C=O) groups is 8. The average Bonchev–Trinajstić information content (AvgIpc) is 2.51. The lowest BCUT2D eigenvalue weighted by Crippen LogP contribution is -2.61. The van der Waals surface area contributed by atoms with Gasteiger partial charge in [-0.2, -0.15) is 0 Å². The second-order valence-corrected chi connectivity index (χ2v) is 25.0. The lowest BCUT2D eigenvalue weighted by Gasteiger charge is -2.29. The van der Waals surface area contributed by atoms with Crippen molar-refractivity contribution in [2.45, 2.75) is 126 Å². The largest absolute Gasteiger partial charge is 0.449 e. The molecular weight excluding hydrogens is 1160 g/mol. The van der Waals surface area contributed by atoms with Crippen LogP contribution in [0.1, 0.15) is 85.3 Å². The summed E-state index contributed by atoms with van der Waals surface area (Å²) >= 11 is 0. The van der Waals surface area contributed by atoms with Crippen molar-refractivity contribution >= 4 is 74.5 Å². The highest BCUT2D eigenvalue weighted by atomic mass is 33.1. The lowest BCUT2D eigenvalue weighted by atomic mass is 9.90. The molecule has 0 unspecified atom stereocenters. The van der Waals surface area contributed by atoms with Crippen molar-refractivity contribution in [3.05, 3.63) is 173 Å². The third-order valence-corrected chi connectivity index (χ3v) is 18.4. The second-order valence-electron chi connectivity index (χ2n) is 22.5. The first-order chi connectivity index (χ1) is 42.5.